The molecule has 1 saturated heterocycles. The molecule has 22 heavy (non-hydrogen) atoms. The van der Waals surface area contributed by atoms with Gasteiger partial charge in [-0.25, -0.2) is 9.67 Å². The van der Waals surface area contributed by atoms with Gasteiger partial charge in [-0.2, -0.15) is 5.10 Å². The van der Waals surface area contributed by atoms with Crippen molar-refractivity contribution < 1.29 is 4.74 Å². The fourth-order valence-electron chi connectivity index (χ4n) is 2.81. The molecule has 1 unspecified atom stereocenters. The van der Waals surface area contributed by atoms with Crippen LogP contribution in [0.2, 0.25) is 0 Å². The molecule has 0 N–H and O–H groups in total. The molecule has 0 amide bonds. The van der Waals surface area contributed by atoms with Crippen molar-refractivity contribution in [3.63, 3.8) is 0 Å². The van der Waals surface area contributed by atoms with Crippen LogP contribution in [0.15, 0.2) is 36.7 Å². The average Bonchev–Trinajstić information content (AvgIpc) is 2.96. The second-order valence-electron chi connectivity index (χ2n) is 5.91. The maximum atomic E-state index is 5.83. The van der Waals surface area contributed by atoms with Crippen molar-refractivity contribution in [1.82, 2.24) is 24.6 Å². The van der Waals surface area contributed by atoms with E-state index in [0.29, 0.717) is 0 Å². The van der Waals surface area contributed by atoms with Crippen LogP contribution in [-0.4, -0.2) is 71.0 Å². The summed E-state index contributed by atoms with van der Waals surface area (Å²) in [6.07, 6.45) is 3.90. The Hall–Kier alpha value is -1.76. The normalized spacial score (nSPS) is 19.7. The first kappa shape index (κ1) is 15.1. The lowest BCUT2D eigenvalue weighted by Crippen LogP contribution is -2.46. The van der Waals surface area contributed by atoms with Crippen molar-refractivity contribution in [3.8, 4) is 5.82 Å². The summed E-state index contributed by atoms with van der Waals surface area (Å²) in [5.74, 6) is 0.862. The van der Waals surface area contributed by atoms with Crippen LogP contribution in [0.25, 0.3) is 5.82 Å². The van der Waals surface area contributed by atoms with Crippen molar-refractivity contribution in [1.29, 1.82) is 0 Å². The Morgan fingerprint density at radius 1 is 1.27 bits per heavy atom. The first-order valence-corrected chi connectivity index (χ1v) is 7.65. The Labute approximate surface area is 131 Å². The Bertz CT molecular complexity index is 583. The van der Waals surface area contributed by atoms with E-state index in [1.165, 1.54) is 0 Å². The van der Waals surface area contributed by atoms with Crippen LogP contribution in [0.3, 0.4) is 0 Å². The number of hydrogen-bond donors (Lipinski definition) is 0. The molecule has 1 atom stereocenters. The Morgan fingerprint density at radius 2 is 2.18 bits per heavy atom. The summed E-state index contributed by atoms with van der Waals surface area (Å²) in [7, 11) is 4.16. The van der Waals surface area contributed by atoms with Crippen LogP contribution >= 0.6 is 0 Å². The summed E-state index contributed by atoms with van der Waals surface area (Å²) >= 11 is 0. The van der Waals surface area contributed by atoms with Crippen LogP contribution in [0.5, 0.6) is 0 Å². The van der Waals surface area contributed by atoms with Crippen LogP contribution < -0.4 is 0 Å². The van der Waals surface area contributed by atoms with E-state index >= 15 is 0 Å². The van der Waals surface area contributed by atoms with Gasteiger partial charge in [0.2, 0.25) is 0 Å². The third-order valence-corrected chi connectivity index (χ3v) is 3.76. The van der Waals surface area contributed by atoms with Gasteiger partial charge in [-0.05, 0) is 32.3 Å². The van der Waals surface area contributed by atoms with Crippen molar-refractivity contribution in [2.45, 2.75) is 12.6 Å². The van der Waals surface area contributed by atoms with Gasteiger partial charge >= 0.3 is 0 Å². The highest BCUT2D eigenvalue weighted by Gasteiger charge is 2.22. The molecule has 0 saturated carbocycles. The van der Waals surface area contributed by atoms with E-state index in [0.717, 1.165) is 44.3 Å². The minimum atomic E-state index is 0.273. The maximum absolute atomic E-state index is 5.83. The minimum Gasteiger partial charge on any atom is -0.374 e. The molecule has 1 aliphatic heterocycles. The molecule has 0 bridgehead atoms. The molecule has 3 rings (SSSR count). The van der Waals surface area contributed by atoms with Crippen molar-refractivity contribution in [3.05, 3.63) is 42.4 Å². The summed E-state index contributed by atoms with van der Waals surface area (Å²) in [5, 5.41) is 4.41. The summed E-state index contributed by atoms with van der Waals surface area (Å²) in [5.41, 5.74) is 1.16. The first-order valence-electron chi connectivity index (χ1n) is 7.65. The number of hydrogen-bond acceptors (Lipinski definition) is 5. The summed E-state index contributed by atoms with van der Waals surface area (Å²) < 4.78 is 7.75. The molecular formula is C16H23N5O. The number of aromatic nitrogens is 3. The minimum absolute atomic E-state index is 0.273. The topological polar surface area (TPSA) is 46.4 Å². The zero-order chi connectivity index (χ0) is 15.4. The molecule has 2 aromatic rings. The number of rotatable bonds is 5. The highest BCUT2D eigenvalue weighted by Crippen LogP contribution is 2.13. The second-order valence-corrected chi connectivity index (χ2v) is 5.91. The van der Waals surface area contributed by atoms with Gasteiger partial charge in [-0.1, -0.05) is 6.07 Å². The number of nitrogens with zero attached hydrogens (tertiary/aromatic N) is 5. The number of pyridine rings is 1. The molecule has 2 aromatic heterocycles. The van der Waals surface area contributed by atoms with Crippen LogP contribution in [0, 0.1) is 0 Å². The first-order chi connectivity index (χ1) is 10.7. The van der Waals surface area contributed by atoms with Crippen LogP contribution in [0.1, 0.15) is 5.69 Å². The summed E-state index contributed by atoms with van der Waals surface area (Å²) in [6.45, 7) is 4.51. The number of ether oxygens (including phenoxy) is 1. The zero-order valence-corrected chi connectivity index (χ0v) is 13.2. The van der Waals surface area contributed by atoms with E-state index in [4.69, 9.17) is 4.74 Å². The highest BCUT2D eigenvalue weighted by molar-refractivity contribution is 5.23. The SMILES string of the molecule is CN(C)CC1CN(Cc2ccnn2-c2ccccn2)CCO1. The van der Waals surface area contributed by atoms with E-state index in [-0.39, 0.29) is 6.10 Å². The number of morpholine rings is 1. The fraction of sp³-hybridized carbons (Fsp3) is 0.500. The van der Waals surface area contributed by atoms with Crippen LogP contribution in [-0.2, 0) is 11.3 Å². The molecule has 0 spiro atoms. The van der Waals surface area contributed by atoms with Crippen molar-refractivity contribution in [2.24, 2.45) is 0 Å². The largest absolute Gasteiger partial charge is 0.374 e. The molecule has 0 radical (unpaired) electrons. The fourth-order valence-corrected chi connectivity index (χ4v) is 2.81. The molecule has 1 fully saturated rings. The predicted octanol–water partition coefficient (Wildman–Crippen LogP) is 1.03. The lowest BCUT2D eigenvalue weighted by Gasteiger charge is -2.34. The lowest BCUT2D eigenvalue weighted by molar-refractivity contribution is -0.0411. The summed E-state index contributed by atoms with van der Waals surface area (Å²) in [4.78, 5) is 8.98. The van der Waals surface area contributed by atoms with Crippen molar-refractivity contribution >= 4 is 0 Å². The Morgan fingerprint density at radius 3 is 2.95 bits per heavy atom. The summed E-state index contributed by atoms with van der Waals surface area (Å²) in [6, 6.07) is 7.94. The van der Waals surface area contributed by atoms with E-state index in [1.807, 2.05) is 29.1 Å². The van der Waals surface area contributed by atoms with Gasteiger partial charge in [0, 0.05) is 38.6 Å². The molecule has 6 nitrogen and oxygen atoms in total. The van der Waals surface area contributed by atoms with E-state index in [9.17, 15) is 0 Å². The maximum Gasteiger partial charge on any atom is 0.153 e. The molecule has 1 aliphatic rings. The number of likely N-dealkylation sites (N-methyl/N-ethyl adjacent to an activating group) is 1. The smallest absolute Gasteiger partial charge is 0.153 e. The molecule has 6 heteroatoms. The van der Waals surface area contributed by atoms with E-state index in [2.05, 4.69) is 40.0 Å². The molecule has 118 valence electrons. The van der Waals surface area contributed by atoms with Crippen LogP contribution in [0.4, 0.5) is 0 Å². The molecule has 0 aromatic carbocycles. The lowest BCUT2D eigenvalue weighted by atomic mass is 10.2. The highest BCUT2D eigenvalue weighted by atomic mass is 16.5. The van der Waals surface area contributed by atoms with Gasteiger partial charge in [0.1, 0.15) is 0 Å². The third-order valence-electron chi connectivity index (χ3n) is 3.76. The van der Waals surface area contributed by atoms with Gasteiger partial charge in [-0.3, -0.25) is 4.90 Å². The average molecular weight is 301 g/mol. The zero-order valence-electron chi connectivity index (χ0n) is 13.2. The quantitative estimate of drug-likeness (QED) is 0.825. The van der Waals surface area contributed by atoms with Gasteiger partial charge < -0.3 is 9.64 Å². The van der Waals surface area contributed by atoms with Gasteiger partial charge in [0.05, 0.1) is 18.4 Å². The third kappa shape index (κ3) is 3.71. The van der Waals surface area contributed by atoms with E-state index in [1.54, 1.807) is 6.20 Å². The van der Waals surface area contributed by atoms with Crippen molar-refractivity contribution in [2.75, 3.05) is 40.3 Å². The standard InChI is InChI=1S/C16H23N5O/c1-19(2)12-15-13-20(9-10-22-15)11-14-6-8-18-21(14)16-5-3-4-7-17-16/h3-8,15H,9-13H2,1-2H3. The Kier molecular flexibility index (Phi) is 4.82. The Balaban J connectivity index is 1.68. The van der Waals surface area contributed by atoms with E-state index < -0.39 is 0 Å². The molecule has 0 aliphatic carbocycles. The molecular weight excluding hydrogens is 278 g/mol. The monoisotopic (exact) mass is 301 g/mol. The molecule has 3 heterocycles. The second kappa shape index (κ2) is 7.00. The van der Waals surface area contributed by atoms with Gasteiger partial charge in [0.15, 0.2) is 5.82 Å². The van der Waals surface area contributed by atoms with Gasteiger partial charge in [-0.15, -0.1) is 0 Å². The van der Waals surface area contributed by atoms with Gasteiger partial charge in [0.25, 0.3) is 0 Å². The predicted molar refractivity (Wildman–Crippen MR) is 84.9 cm³/mol.